The molecule has 41 heavy (non-hydrogen) atoms. The van der Waals surface area contributed by atoms with Crippen molar-refractivity contribution in [2.24, 2.45) is 5.18 Å². The van der Waals surface area contributed by atoms with Crippen molar-refractivity contribution < 1.29 is 33.4 Å². The fourth-order valence-corrected chi connectivity index (χ4v) is 3.62. The Morgan fingerprint density at radius 1 is 0.561 bits per heavy atom. The number of carbonyl (C=O) groups is 4. The molecular weight excluding hydrogens is 568 g/mol. The van der Waals surface area contributed by atoms with Gasteiger partial charge in [-0.3, -0.25) is 19.2 Å². The monoisotopic (exact) mass is 623 g/mol. The summed E-state index contributed by atoms with van der Waals surface area (Å²) in [6.45, 7) is 5.76. The first-order chi connectivity index (χ1) is 19.8. The van der Waals surface area contributed by atoms with Gasteiger partial charge in [0.2, 0.25) is 11.8 Å². The Bertz CT molecular complexity index is 672. The first kappa shape index (κ1) is 41.8. The van der Waals surface area contributed by atoms with Crippen LogP contribution in [0, 0.1) is 4.91 Å². The van der Waals surface area contributed by atoms with Crippen molar-refractivity contribution in [2.75, 3.05) is 59.3 Å². The highest BCUT2D eigenvalue weighted by Crippen LogP contribution is 2.10. The number of hydrogen-bond donors (Lipinski definition) is 2. The molecular formula is C28H55N3O8P2. The van der Waals surface area contributed by atoms with Crippen molar-refractivity contribution in [1.82, 2.24) is 10.6 Å². The van der Waals surface area contributed by atoms with E-state index in [-0.39, 0.29) is 29.4 Å². The molecule has 0 saturated carbocycles. The first-order valence-electron chi connectivity index (χ1n) is 15.0. The molecule has 2 N–H and O–H groups in total. The Morgan fingerprint density at radius 2 is 1.02 bits per heavy atom. The lowest BCUT2D eigenvalue weighted by molar-refractivity contribution is -0.123. The summed E-state index contributed by atoms with van der Waals surface area (Å²) in [7, 11) is 4.17. The largest absolute Gasteiger partial charge is 0.379 e. The number of ether oxygens (including phenoxy) is 3. The second-order valence-electron chi connectivity index (χ2n) is 9.50. The third kappa shape index (κ3) is 40.8. The molecule has 0 rings (SSSR count). The molecule has 0 aromatic heterocycles. The Balaban J connectivity index is 0. The van der Waals surface area contributed by atoms with E-state index in [0.717, 1.165) is 12.8 Å². The molecule has 11 nitrogen and oxygen atoms in total. The minimum Gasteiger partial charge on any atom is -0.379 e. The number of nitroso groups, excluding NO2 is 1. The first-order valence-corrected chi connectivity index (χ1v) is 16.1. The summed E-state index contributed by atoms with van der Waals surface area (Å²) in [5.41, 5.74) is 0.0426. The smallest absolute Gasteiger partial charge is 0.220 e. The van der Waals surface area contributed by atoms with E-state index in [4.69, 9.17) is 14.2 Å². The van der Waals surface area contributed by atoms with Crippen molar-refractivity contribution in [2.45, 2.75) is 96.8 Å². The van der Waals surface area contributed by atoms with Gasteiger partial charge in [0.15, 0.2) is 11.0 Å². The summed E-state index contributed by atoms with van der Waals surface area (Å²) >= 11 is 0. The van der Waals surface area contributed by atoms with Gasteiger partial charge in [0, 0.05) is 38.8 Å². The molecule has 0 aliphatic carbocycles. The van der Waals surface area contributed by atoms with E-state index < -0.39 is 0 Å². The maximum Gasteiger partial charge on any atom is 0.220 e. The normalized spacial score (nSPS) is 10.4. The van der Waals surface area contributed by atoms with Crippen LogP contribution in [0.3, 0.4) is 0 Å². The van der Waals surface area contributed by atoms with Gasteiger partial charge in [-0.25, -0.2) is 0 Å². The molecule has 13 heteroatoms. The van der Waals surface area contributed by atoms with Crippen LogP contribution >= 0.6 is 18.5 Å². The average molecular weight is 624 g/mol. The Hall–Kier alpha value is -1.38. The second kappa shape index (κ2) is 34.8. The van der Waals surface area contributed by atoms with Gasteiger partial charge in [-0.05, 0) is 12.8 Å². The number of nitrogens with one attached hydrogen (secondary N) is 2. The molecule has 240 valence electrons. The predicted molar refractivity (Wildman–Crippen MR) is 169 cm³/mol. The van der Waals surface area contributed by atoms with E-state index in [0.29, 0.717) is 84.8 Å². The molecule has 0 saturated heterocycles. The summed E-state index contributed by atoms with van der Waals surface area (Å²) in [4.78, 5) is 54.0. The van der Waals surface area contributed by atoms with Crippen LogP contribution in [0.4, 0.5) is 0 Å². The van der Waals surface area contributed by atoms with Crippen molar-refractivity contribution >= 4 is 41.3 Å². The van der Waals surface area contributed by atoms with Crippen molar-refractivity contribution in [1.29, 1.82) is 0 Å². The fourth-order valence-electron chi connectivity index (χ4n) is 3.38. The molecule has 0 radical (unpaired) electrons. The number of unbranched alkanes of at least 4 members (excludes halogenated alkanes) is 8. The molecule has 0 fully saturated rings. The summed E-state index contributed by atoms with van der Waals surface area (Å²) in [5.74, 6) is 0.0491. The van der Waals surface area contributed by atoms with Crippen LogP contribution in [0.25, 0.3) is 0 Å². The molecule has 0 spiro atoms. The molecule has 2 atom stereocenters. The SMILES string of the molecule is CCCCCCCCCCCC(=O)NCCCC(=O)NCCOCCOCCC(=O)P.O=NCCOCCC(=O)P. The molecule has 0 heterocycles. The summed E-state index contributed by atoms with van der Waals surface area (Å²) in [5, 5.41) is 8.27. The van der Waals surface area contributed by atoms with Gasteiger partial charge in [0.25, 0.3) is 0 Å². The van der Waals surface area contributed by atoms with Gasteiger partial charge >= 0.3 is 0 Å². The predicted octanol–water partition coefficient (Wildman–Crippen LogP) is 4.31. The molecule has 2 unspecified atom stereocenters. The van der Waals surface area contributed by atoms with E-state index in [1.54, 1.807) is 0 Å². The van der Waals surface area contributed by atoms with Gasteiger partial charge in [-0.2, -0.15) is 4.91 Å². The number of hydrogen-bond acceptors (Lipinski definition) is 9. The number of nitrogens with zero attached hydrogens (tertiary/aromatic N) is 1. The second-order valence-corrected chi connectivity index (χ2v) is 10.8. The maximum atomic E-state index is 11.8. The van der Waals surface area contributed by atoms with Crippen LogP contribution in [0.15, 0.2) is 5.18 Å². The zero-order valence-corrected chi connectivity index (χ0v) is 27.4. The Kier molecular flexibility index (Phi) is 35.5. The van der Waals surface area contributed by atoms with Gasteiger partial charge < -0.3 is 24.8 Å². The van der Waals surface area contributed by atoms with Gasteiger partial charge in [0.1, 0.15) is 6.54 Å². The minimum atomic E-state index is -0.0352. The van der Waals surface area contributed by atoms with E-state index in [1.807, 2.05) is 0 Å². The zero-order valence-electron chi connectivity index (χ0n) is 25.1. The van der Waals surface area contributed by atoms with Crippen LogP contribution in [0.2, 0.25) is 0 Å². The highest BCUT2D eigenvalue weighted by Gasteiger charge is 2.04. The van der Waals surface area contributed by atoms with Crippen LogP contribution in [-0.2, 0) is 33.4 Å². The van der Waals surface area contributed by atoms with Crippen molar-refractivity contribution in [3.8, 4) is 0 Å². The standard InChI is InChI=1S/C23H45N2O5P.C5H10NO3P/c1-2-3-4-5-6-7-8-9-10-12-21(26)24-15-11-13-22(27)25-16-18-30-20-19-29-17-14-23(28)31;7-5(10)1-3-9-4-2-6-8/h2-20,31H2,1H3,(H,24,26)(H,25,27);1-4,10H2. The summed E-state index contributed by atoms with van der Waals surface area (Å²) in [6, 6.07) is 0. The van der Waals surface area contributed by atoms with Gasteiger partial charge in [-0.1, -0.05) is 81.9 Å². The van der Waals surface area contributed by atoms with E-state index in [2.05, 4.69) is 41.2 Å². The Labute approximate surface area is 251 Å². The van der Waals surface area contributed by atoms with Crippen LogP contribution in [0.5, 0.6) is 0 Å². The molecule has 2 amide bonds. The fraction of sp³-hybridized carbons (Fsp3) is 0.857. The zero-order chi connectivity index (χ0) is 30.8. The average Bonchev–Trinajstić information content (AvgIpc) is 2.93. The van der Waals surface area contributed by atoms with E-state index >= 15 is 0 Å². The summed E-state index contributed by atoms with van der Waals surface area (Å²) in [6.07, 6.45) is 13.6. The van der Waals surface area contributed by atoms with Crippen LogP contribution in [0.1, 0.15) is 96.8 Å². The lowest BCUT2D eigenvalue weighted by Gasteiger charge is -2.08. The highest BCUT2D eigenvalue weighted by molar-refractivity contribution is 7.40. The lowest BCUT2D eigenvalue weighted by atomic mass is 10.1. The van der Waals surface area contributed by atoms with Crippen LogP contribution < -0.4 is 10.6 Å². The number of rotatable bonds is 29. The van der Waals surface area contributed by atoms with Gasteiger partial charge in [-0.15, -0.1) is 0 Å². The van der Waals surface area contributed by atoms with Crippen molar-refractivity contribution in [3.05, 3.63) is 4.91 Å². The molecule has 0 aliphatic heterocycles. The topological polar surface area (TPSA) is 149 Å². The molecule has 0 bridgehead atoms. The van der Waals surface area contributed by atoms with Gasteiger partial charge in [0.05, 0.1) is 39.6 Å². The Morgan fingerprint density at radius 3 is 1.56 bits per heavy atom. The van der Waals surface area contributed by atoms with E-state index in [1.165, 1.54) is 44.9 Å². The maximum absolute atomic E-state index is 11.8. The molecule has 0 aromatic carbocycles. The summed E-state index contributed by atoms with van der Waals surface area (Å²) < 4.78 is 15.4. The quantitative estimate of drug-likeness (QED) is 0.0712. The minimum absolute atomic E-state index is 0.0130. The molecule has 0 aliphatic rings. The lowest BCUT2D eigenvalue weighted by Crippen LogP contribution is -2.29. The third-order valence-electron chi connectivity index (χ3n) is 5.66. The third-order valence-corrected chi connectivity index (χ3v) is 6.24. The van der Waals surface area contributed by atoms with Crippen LogP contribution in [-0.4, -0.2) is 82.1 Å². The molecule has 0 aromatic rings. The van der Waals surface area contributed by atoms with E-state index in [9.17, 15) is 24.1 Å². The number of amides is 2. The highest BCUT2D eigenvalue weighted by atomic mass is 31.0. The van der Waals surface area contributed by atoms with Crippen molar-refractivity contribution in [3.63, 3.8) is 0 Å². The number of carbonyl (C=O) groups excluding carboxylic acids is 4.